The summed E-state index contributed by atoms with van der Waals surface area (Å²) in [7, 11) is 1.64. The van der Waals surface area contributed by atoms with Gasteiger partial charge in [0.05, 0.1) is 19.2 Å². The zero-order chi connectivity index (χ0) is 26.2. The molecule has 3 aromatic carbocycles. The van der Waals surface area contributed by atoms with Crippen LogP contribution < -0.4 is 4.74 Å². The average Bonchev–Trinajstić information content (AvgIpc) is 3.76. The molecule has 3 aromatic rings. The largest absolute Gasteiger partial charge is 0.497 e. The molecule has 0 radical (unpaired) electrons. The highest BCUT2D eigenvalue weighted by molar-refractivity contribution is 6.01. The summed E-state index contributed by atoms with van der Waals surface area (Å²) < 4.78 is 5.43. The van der Waals surface area contributed by atoms with E-state index in [4.69, 9.17) is 4.74 Å². The lowest BCUT2D eigenvalue weighted by Gasteiger charge is -2.35. The second-order valence-electron chi connectivity index (χ2n) is 10.2. The number of benzene rings is 3. The van der Waals surface area contributed by atoms with Gasteiger partial charge in [-0.25, -0.2) is 0 Å². The first-order valence-corrected chi connectivity index (χ1v) is 13.0. The average molecular weight is 498 g/mol. The van der Waals surface area contributed by atoms with E-state index in [-0.39, 0.29) is 35.2 Å². The van der Waals surface area contributed by atoms with Crippen LogP contribution in [0.5, 0.6) is 5.75 Å². The first-order chi connectivity index (χ1) is 18.7. The number of ether oxygens (including phenoxy) is 1. The molecule has 5 nitrogen and oxygen atoms in total. The van der Waals surface area contributed by atoms with Gasteiger partial charge in [0.1, 0.15) is 23.5 Å². The number of nitriles is 2. The normalized spacial score (nSPS) is 23.0. The third-order valence-corrected chi connectivity index (χ3v) is 8.17. The molecule has 0 spiro atoms. The Labute approximate surface area is 222 Å². The van der Waals surface area contributed by atoms with Crippen LogP contribution in [0.4, 0.5) is 0 Å². The molecule has 0 N–H and O–H groups in total. The topological polar surface area (TPSA) is 77.1 Å². The van der Waals surface area contributed by atoms with Crippen LogP contribution in [0.1, 0.15) is 51.8 Å². The van der Waals surface area contributed by atoms with Crippen LogP contribution >= 0.6 is 0 Å². The predicted octanol–water partition coefficient (Wildman–Crippen LogP) is 6.44. The third-order valence-electron chi connectivity index (χ3n) is 8.17. The Morgan fingerprint density at radius 1 is 0.921 bits per heavy atom. The van der Waals surface area contributed by atoms with Gasteiger partial charge in [-0.15, -0.1) is 0 Å². The van der Waals surface area contributed by atoms with Crippen molar-refractivity contribution in [3.8, 4) is 17.9 Å². The van der Waals surface area contributed by atoms with Gasteiger partial charge in [0, 0.05) is 23.6 Å². The quantitative estimate of drug-likeness (QED) is 0.289. The van der Waals surface area contributed by atoms with Gasteiger partial charge >= 0.3 is 0 Å². The van der Waals surface area contributed by atoms with Crippen LogP contribution in [-0.4, -0.2) is 23.8 Å². The molecule has 0 unspecified atom stereocenters. The Kier molecular flexibility index (Phi) is 6.06. The van der Waals surface area contributed by atoms with Crippen molar-refractivity contribution in [1.82, 2.24) is 4.90 Å². The molecule has 1 saturated carbocycles. The van der Waals surface area contributed by atoms with E-state index in [1.54, 1.807) is 7.11 Å². The molecule has 2 aliphatic heterocycles. The van der Waals surface area contributed by atoms with E-state index in [1.807, 2.05) is 72.9 Å². The van der Waals surface area contributed by atoms with Gasteiger partial charge in [-0.05, 0) is 59.2 Å². The van der Waals surface area contributed by atoms with Crippen molar-refractivity contribution in [2.75, 3.05) is 7.11 Å². The lowest BCUT2D eigenvalue weighted by atomic mass is 9.72. The van der Waals surface area contributed by atoms with Gasteiger partial charge in [0.2, 0.25) is 0 Å². The Morgan fingerprint density at radius 3 is 2.26 bits per heavy atom. The lowest BCUT2D eigenvalue weighted by Crippen LogP contribution is -2.37. The number of Topliss-reactive ketones (excluding diaryl/α,β-unsaturated/α-hetero) is 1. The fourth-order valence-corrected chi connectivity index (χ4v) is 6.42. The van der Waals surface area contributed by atoms with E-state index >= 15 is 0 Å². The maximum Gasteiger partial charge on any atom is 0.185 e. The number of nitrogens with zero attached hydrogens (tertiary/aromatic N) is 3. The smallest absolute Gasteiger partial charge is 0.185 e. The number of hydrogen-bond donors (Lipinski definition) is 0. The van der Waals surface area contributed by atoms with Crippen LogP contribution in [0.25, 0.3) is 6.08 Å². The van der Waals surface area contributed by atoms with Crippen molar-refractivity contribution in [1.29, 1.82) is 10.5 Å². The molecule has 1 saturated heterocycles. The third kappa shape index (κ3) is 3.88. The minimum absolute atomic E-state index is 0.0357. The van der Waals surface area contributed by atoms with E-state index in [9.17, 15) is 15.3 Å². The van der Waals surface area contributed by atoms with Gasteiger partial charge in [-0.3, -0.25) is 4.79 Å². The van der Waals surface area contributed by atoms with Crippen LogP contribution in [0.15, 0.2) is 96.2 Å². The van der Waals surface area contributed by atoms with E-state index in [0.717, 1.165) is 40.9 Å². The molecule has 0 bridgehead atoms. The van der Waals surface area contributed by atoms with Crippen molar-refractivity contribution >= 4 is 11.9 Å². The van der Waals surface area contributed by atoms with E-state index in [0.29, 0.717) is 5.56 Å². The fourth-order valence-electron chi connectivity index (χ4n) is 6.42. The zero-order valence-electron chi connectivity index (χ0n) is 21.1. The molecule has 5 heteroatoms. The molecule has 2 fully saturated rings. The summed E-state index contributed by atoms with van der Waals surface area (Å²) in [5.41, 5.74) is 4.97. The Balaban J connectivity index is 1.62. The van der Waals surface area contributed by atoms with Gasteiger partial charge in [0.25, 0.3) is 0 Å². The first kappa shape index (κ1) is 23.8. The molecule has 0 aromatic heterocycles. The molecular formula is C33H27N3O2. The number of allylic oxidation sites excluding steroid dienone is 1. The second kappa shape index (κ2) is 9.69. The summed E-state index contributed by atoms with van der Waals surface area (Å²) in [5, 5.41) is 20.1. The molecule has 3 aliphatic rings. The predicted molar refractivity (Wildman–Crippen MR) is 145 cm³/mol. The van der Waals surface area contributed by atoms with Crippen molar-refractivity contribution in [3.05, 3.63) is 118 Å². The maximum atomic E-state index is 14.3. The fraction of sp³-hybridized carbons (Fsp3) is 0.242. The SMILES string of the molecule is COc1ccc([C@@H]2[C@H](C(=C(C#N)C#N)C3CC3)[C@@H]3c4ccccc4C=CN3[C@@H]2C(=O)c2ccccc2)cc1. The summed E-state index contributed by atoms with van der Waals surface area (Å²) in [6.45, 7) is 0. The van der Waals surface area contributed by atoms with Crippen molar-refractivity contribution in [2.45, 2.75) is 30.8 Å². The summed E-state index contributed by atoms with van der Waals surface area (Å²) >= 11 is 0. The van der Waals surface area contributed by atoms with Crippen LogP contribution in [-0.2, 0) is 0 Å². The Hall–Kier alpha value is -4.61. The summed E-state index contributed by atoms with van der Waals surface area (Å²) in [5.74, 6) is 0.481. The molecule has 0 amide bonds. The molecule has 4 atom stereocenters. The number of rotatable bonds is 6. The van der Waals surface area contributed by atoms with Gasteiger partial charge < -0.3 is 9.64 Å². The van der Waals surface area contributed by atoms with Crippen molar-refractivity contribution < 1.29 is 9.53 Å². The van der Waals surface area contributed by atoms with Crippen LogP contribution in [0.2, 0.25) is 0 Å². The number of fused-ring (bicyclic) bond motifs is 3. The number of methoxy groups -OCH3 is 1. The summed E-state index contributed by atoms with van der Waals surface area (Å²) in [4.78, 5) is 16.5. The highest BCUT2D eigenvalue weighted by Gasteiger charge is 2.56. The van der Waals surface area contributed by atoms with Crippen molar-refractivity contribution in [3.63, 3.8) is 0 Å². The minimum Gasteiger partial charge on any atom is -0.497 e. The molecule has 6 rings (SSSR count). The molecule has 186 valence electrons. The van der Waals surface area contributed by atoms with Gasteiger partial charge in [0.15, 0.2) is 5.78 Å². The monoisotopic (exact) mass is 497 g/mol. The molecular weight excluding hydrogens is 470 g/mol. The maximum absolute atomic E-state index is 14.3. The minimum atomic E-state index is -0.502. The van der Waals surface area contributed by atoms with E-state index in [1.165, 1.54) is 0 Å². The van der Waals surface area contributed by atoms with E-state index < -0.39 is 6.04 Å². The number of hydrogen-bond acceptors (Lipinski definition) is 5. The Morgan fingerprint density at radius 2 is 1.61 bits per heavy atom. The van der Waals surface area contributed by atoms with Crippen LogP contribution in [0.3, 0.4) is 0 Å². The van der Waals surface area contributed by atoms with Gasteiger partial charge in [-0.1, -0.05) is 66.7 Å². The standard InChI is InChI=1S/C33H27N3O2/c1-38-26-15-13-23(14-16-26)29-30(28(22-11-12-22)25(19-34)20-35)31-27-10-6-5-7-21(27)17-18-36(31)32(29)33(37)24-8-3-2-4-9-24/h2-10,13-18,22,29-32H,11-12H2,1H3/t29-,30+,31+,32+/m1/s1. The first-order valence-electron chi connectivity index (χ1n) is 13.0. The Bertz CT molecular complexity index is 1500. The summed E-state index contributed by atoms with van der Waals surface area (Å²) in [6, 6.07) is 29.3. The number of carbonyl (C=O) groups excluding carboxylic acids is 1. The van der Waals surface area contributed by atoms with Crippen LogP contribution in [0, 0.1) is 34.5 Å². The highest BCUT2D eigenvalue weighted by atomic mass is 16.5. The number of ketones is 1. The summed E-state index contributed by atoms with van der Waals surface area (Å²) in [6.07, 6.45) is 6.02. The van der Waals surface area contributed by atoms with Crippen molar-refractivity contribution in [2.24, 2.45) is 11.8 Å². The number of carbonyl (C=O) groups is 1. The lowest BCUT2D eigenvalue weighted by molar-refractivity contribution is 0.0874. The second-order valence-corrected chi connectivity index (χ2v) is 10.2. The molecule has 38 heavy (non-hydrogen) atoms. The van der Waals surface area contributed by atoms with E-state index in [2.05, 4.69) is 35.2 Å². The zero-order valence-corrected chi connectivity index (χ0v) is 21.1. The van der Waals surface area contributed by atoms with Gasteiger partial charge in [-0.2, -0.15) is 10.5 Å². The molecule has 2 heterocycles. The highest BCUT2D eigenvalue weighted by Crippen LogP contribution is 2.59. The molecule has 1 aliphatic carbocycles.